The van der Waals surface area contributed by atoms with E-state index >= 15 is 0 Å². The molecule has 1 saturated heterocycles. The molecule has 0 spiro atoms. The molecular weight excluding hydrogens is 279 g/mol. The van der Waals surface area contributed by atoms with Gasteiger partial charge in [-0.3, -0.25) is 4.90 Å². The molecule has 0 radical (unpaired) electrons. The van der Waals surface area contributed by atoms with Gasteiger partial charge in [0, 0.05) is 7.05 Å². The van der Waals surface area contributed by atoms with Crippen molar-refractivity contribution in [3.05, 3.63) is 30.1 Å². The molecule has 6 nitrogen and oxygen atoms in total. The maximum absolute atomic E-state index is 13.6. The standard InChI is InChI=1S/C14H17FN2O4/c1-14(21-7-12(18)19)8-17(9-14)13(20)16(2)11-6-4-3-5-10(11)15/h3-6H,7-9H2,1-2H3,(H,18,19). The number of carboxylic acids is 1. The quantitative estimate of drug-likeness (QED) is 0.915. The Morgan fingerprint density at radius 3 is 2.62 bits per heavy atom. The number of carboxylic acid groups (broad SMARTS) is 1. The van der Waals surface area contributed by atoms with E-state index in [-0.39, 0.29) is 24.8 Å². The molecule has 1 aliphatic heterocycles. The zero-order valence-electron chi connectivity index (χ0n) is 11.9. The highest BCUT2D eigenvalue weighted by molar-refractivity contribution is 5.92. The third-order valence-electron chi connectivity index (χ3n) is 3.37. The maximum Gasteiger partial charge on any atom is 0.329 e. The molecule has 2 amide bonds. The predicted octanol–water partition coefficient (Wildman–Crippen LogP) is 1.56. The number of rotatable bonds is 4. The molecule has 1 heterocycles. The first-order chi connectivity index (χ1) is 9.82. The minimum atomic E-state index is -1.05. The number of aliphatic carboxylic acids is 1. The van der Waals surface area contributed by atoms with Crippen LogP contribution in [0.1, 0.15) is 6.92 Å². The minimum absolute atomic E-state index is 0.197. The second-order valence-corrected chi connectivity index (χ2v) is 5.28. The summed E-state index contributed by atoms with van der Waals surface area (Å²) in [7, 11) is 1.49. The van der Waals surface area contributed by atoms with Crippen LogP contribution >= 0.6 is 0 Å². The van der Waals surface area contributed by atoms with Crippen molar-refractivity contribution in [2.75, 3.05) is 31.6 Å². The number of carbonyl (C=O) groups is 2. The number of urea groups is 1. The molecule has 114 valence electrons. The van der Waals surface area contributed by atoms with Crippen LogP contribution in [0.4, 0.5) is 14.9 Å². The zero-order valence-corrected chi connectivity index (χ0v) is 11.9. The summed E-state index contributed by atoms with van der Waals surface area (Å²) >= 11 is 0. The number of ether oxygens (including phenoxy) is 1. The van der Waals surface area contributed by atoms with Crippen LogP contribution in [0, 0.1) is 5.82 Å². The van der Waals surface area contributed by atoms with E-state index < -0.39 is 24.0 Å². The van der Waals surface area contributed by atoms with Crippen molar-refractivity contribution in [1.29, 1.82) is 0 Å². The average molecular weight is 296 g/mol. The highest BCUT2D eigenvalue weighted by Crippen LogP contribution is 2.27. The summed E-state index contributed by atoms with van der Waals surface area (Å²) in [5, 5.41) is 8.58. The largest absolute Gasteiger partial charge is 0.480 e. The number of hydrogen-bond acceptors (Lipinski definition) is 3. The zero-order chi connectivity index (χ0) is 15.6. The Morgan fingerprint density at radius 2 is 2.05 bits per heavy atom. The topological polar surface area (TPSA) is 70.1 Å². The number of hydrogen-bond donors (Lipinski definition) is 1. The first-order valence-corrected chi connectivity index (χ1v) is 6.45. The lowest BCUT2D eigenvalue weighted by atomic mass is 9.97. The van der Waals surface area contributed by atoms with E-state index in [1.165, 1.54) is 29.0 Å². The van der Waals surface area contributed by atoms with E-state index in [2.05, 4.69) is 0 Å². The molecule has 21 heavy (non-hydrogen) atoms. The van der Waals surface area contributed by atoms with E-state index in [4.69, 9.17) is 9.84 Å². The fourth-order valence-corrected chi connectivity index (χ4v) is 2.26. The van der Waals surface area contributed by atoms with Crippen LogP contribution in [0.15, 0.2) is 24.3 Å². The van der Waals surface area contributed by atoms with Gasteiger partial charge in [0.1, 0.15) is 18.0 Å². The monoisotopic (exact) mass is 296 g/mol. The molecule has 1 aromatic rings. The van der Waals surface area contributed by atoms with Gasteiger partial charge in [0.15, 0.2) is 0 Å². The summed E-state index contributed by atoms with van der Waals surface area (Å²) in [4.78, 5) is 25.4. The van der Waals surface area contributed by atoms with Gasteiger partial charge in [0.25, 0.3) is 0 Å². The lowest BCUT2D eigenvalue weighted by Crippen LogP contribution is -2.65. The Bertz CT molecular complexity index is 558. The summed E-state index contributed by atoms with van der Waals surface area (Å²) in [6.45, 7) is 1.89. The average Bonchev–Trinajstić information content (AvgIpc) is 2.41. The fourth-order valence-electron chi connectivity index (χ4n) is 2.26. The van der Waals surface area contributed by atoms with Gasteiger partial charge in [-0.1, -0.05) is 12.1 Å². The van der Waals surface area contributed by atoms with Gasteiger partial charge in [-0.05, 0) is 19.1 Å². The smallest absolute Gasteiger partial charge is 0.329 e. The van der Waals surface area contributed by atoms with Gasteiger partial charge < -0.3 is 14.7 Å². The van der Waals surface area contributed by atoms with Crippen LogP contribution in [-0.2, 0) is 9.53 Å². The molecule has 1 N–H and O–H groups in total. The number of para-hydroxylation sites is 1. The fraction of sp³-hybridized carbons (Fsp3) is 0.429. The molecule has 0 aromatic heterocycles. The Balaban J connectivity index is 1.94. The highest BCUT2D eigenvalue weighted by Gasteiger charge is 2.44. The lowest BCUT2D eigenvalue weighted by molar-refractivity contribution is -0.159. The molecule has 0 atom stereocenters. The lowest BCUT2D eigenvalue weighted by Gasteiger charge is -2.48. The second kappa shape index (κ2) is 5.69. The van der Waals surface area contributed by atoms with Crippen molar-refractivity contribution in [1.82, 2.24) is 4.90 Å². The van der Waals surface area contributed by atoms with Gasteiger partial charge in [0.2, 0.25) is 0 Å². The van der Waals surface area contributed by atoms with Crippen LogP contribution in [0.3, 0.4) is 0 Å². The molecule has 0 unspecified atom stereocenters. The van der Waals surface area contributed by atoms with Crippen LogP contribution < -0.4 is 4.90 Å². The number of benzene rings is 1. The molecule has 1 aromatic carbocycles. The van der Waals surface area contributed by atoms with Gasteiger partial charge in [0.05, 0.1) is 18.8 Å². The van der Waals surface area contributed by atoms with Crippen LogP contribution in [0.5, 0.6) is 0 Å². The Labute approximate surface area is 121 Å². The summed E-state index contributed by atoms with van der Waals surface area (Å²) in [6, 6.07) is 5.66. The van der Waals surface area contributed by atoms with Gasteiger partial charge in [-0.2, -0.15) is 0 Å². The van der Waals surface area contributed by atoms with Crippen molar-refractivity contribution < 1.29 is 23.8 Å². The third kappa shape index (κ3) is 3.30. The summed E-state index contributed by atoms with van der Waals surface area (Å²) < 4.78 is 18.9. The first-order valence-electron chi connectivity index (χ1n) is 6.45. The number of anilines is 1. The molecule has 0 bridgehead atoms. The third-order valence-corrected chi connectivity index (χ3v) is 3.37. The van der Waals surface area contributed by atoms with Gasteiger partial charge in [-0.25, -0.2) is 14.0 Å². The van der Waals surface area contributed by atoms with E-state index in [1.54, 1.807) is 19.1 Å². The molecule has 1 aliphatic rings. The molecule has 0 aliphatic carbocycles. The predicted molar refractivity (Wildman–Crippen MR) is 73.8 cm³/mol. The Hall–Kier alpha value is -2.15. The molecule has 2 rings (SSSR count). The number of amides is 2. The van der Waals surface area contributed by atoms with Crippen LogP contribution in [0.25, 0.3) is 0 Å². The van der Waals surface area contributed by atoms with E-state index in [0.29, 0.717) is 0 Å². The first kappa shape index (κ1) is 15.2. The highest BCUT2D eigenvalue weighted by atomic mass is 19.1. The van der Waals surface area contributed by atoms with Crippen LogP contribution in [0.2, 0.25) is 0 Å². The molecule has 1 fully saturated rings. The Kier molecular flexibility index (Phi) is 4.13. The van der Waals surface area contributed by atoms with Crippen molar-refractivity contribution in [3.63, 3.8) is 0 Å². The Morgan fingerprint density at radius 1 is 1.43 bits per heavy atom. The number of nitrogens with zero attached hydrogens (tertiary/aromatic N) is 2. The van der Waals surface area contributed by atoms with Crippen molar-refractivity contribution in [3.8, 4) is 0 Å². The second-order valence-electron chi connectivity index (χ2n) is 5.28. The summed E-state index contributed by atoms with van der Waals surface area (Å²) in [6.07, 6.45) is 0. The van der Waals surface area contributed by atoms with E-state index in [9.17, 15) is 14.0 Å². The van der Waals surface area contributed by atoms with E-state index in [0.717, 1.165) is 0 Å². The maximum atomic E-state index is 13.6. The molecule has 7 heteroatoms. The minimum Gasteiger partial charge on any atom is -0.480 e. The van der Waals surface area contributed by atoms with Gasteiger partial charge in [-0.15, -0.1) is 0 Å². The van der Waals surface area contributed by atoms with E-state index in [1.807, 2.05) is 0 Å². The van der Waals surface area contributed by atoms with Crippen molar-refractivity contribution in [2.24, 2.45) is 0 Å². The SMILES string of the molecule is CN(C(=O)N1CC(C)(OCC(=O)O)C1)c1ccccc1F. The summed E-state index contributed by atoms with van der Waals surface area (Å²) in [5.41, 5.74) is -0.466. The van der Waals surface area contributed by atoms with Gasteiger partial charge >= 0.3 is 12.0 Å². The van der Waals surface area contributed by atoms with Crippen molar-refractivity contribution in [2.45, 2.75) is 12.5 Å². The number of carbonyl (C=O) groups excluding carboxylic acids is 1. The number of likely N-dealkylation sites (tertiary alicyclic amines) is 1. The van der Waals surface area contributed by atoms with Crippen LogP contribution in [-0.4, -0.2) is 54.4 Å². The number of halogens is 1. The molecule has 0 saturated carbocycles. The summed E-state index contributed by atoms with van der Waals surface area (Å²) in [5.74, 6) is -1.52. The normalized spacial score (nSPS) is 16.2. The van der Waals surface area contributed by atoms with Crippen molar-refractivity contribution >= 4 is 17.7 Å². The molecular formula is C14H17FN2O4.